The molecule has 3 heterocycles. The second kappa shape index (κ2) is 6.68. The van der Waals surface area contributed by atoms with Crippen LogP contribution in [0.25, 0.3) is 0 Å². The van der Waals surface area contributed by atoms with Crippen molar-refractivity contribution in [1.82, 2.24) is 14.9 Å². The summed E-state index contributed by atoms with van der Waals surface area (Å²) in [7, 11) is 0. The van der Waals surface area contributed by atoms with Gasteiger partial charge in [0.25, 0.3) is 5.91 Å². The largest absolute Gasteiger partial charge is 0.476 e. The van der Waals surface area contributed by atoms with E-state index in [9.17, 15) is 9.59 Å². The molecule has 7 heteroatoms. The predicted octanol–water partition coefficient (Wildman–Crippen LogP) is 3.45. The summed E-state index contributed by atoms with van der Waals surface area (Å²) < 4.78 is 5.65. The maximum atomic E-state index is 12.7. The second-order valence-electron chi connectivity index (χ2n) is 6.76. The fourth-order valence-electron chi connectivity index (χ4n) is 3.12. The number of fused-ring (bicyclic) bond motifs is 1. The minimum Gasteiger partial charge on any atom is -0.476 e. The third-order valence-corrected chi connectivity index (χ3v) is 5.22. The van der Waals surface area contributed by atoms with Gasteiger partial charge in [-0.1, -0.05) is 11.6 Å². The lowest BCUT2D eigenvalue weighted by molar-refractivity contribution is 0.0715. The van der Waals surface area contributed by atoms with Gasteiger partial charge in [0.1, 0.15) is 10.7 Å². The molecular weight excluding hydrogens is 354 g/mol. The number of hydrogen-bond donors (Lipinski definition) is 0. The summed E-state index contributed by atoms with van der Waals surface area (Å²) in [6.07, 6.45) is 6.25. The number of halogens is 1. The van der Waals surface area contributed by atoms with E-state index in [2.05, 4.69) is 9.97 Å². The first-order valence-electron chi connectivity index (χ1n) is 8.60. The Hall–Kier alpha value is -2.47. The van der Waals surface area contributed by atoms with Crippen LogP contribution in [0.3, 0.4) is 0 Å². The smallest absolute Gasteiger partial charge is 0.255 e. The average Bonchev–Trinajstić information content (AvgIpc) is 3.42. The summed E-state index contributed by atoms with van der Waals surface area (Å²) >= 11 is 6.31. The molecule has 0 spiro atoms. The number of nitrogens with zero attached hydrogens (tertiary/aromatic N) is 3. The van der Waals surface area contributed by atoms with Gasteiger partial charge in [0.15, 0.2) is 6.29 Å². The molecule has 1 aliphatic carbocycles. The topological polar surface area (TPSA) is 72.4 Å². The van der Waals surface area contributed by atoms with Crippen LogP contribution in [0.4, 0.5) is 0 Å². The summed E-state index contributed by atoms with van der Waals surface area (Å²) in [5.74, 6) is 0.925. The minimum atomic E-state index is -0.239. The van der Waals surface area contributed by atoms with E-state index in [1.165, 1.54) is 19.0 Å². The first kappa shape index (κ1) is 17.0. The van der Waals surface area contributed by atoms with Crippen LogP contribution in [0.5, 0.6) is 5.88 Å². The third kappa shape index (κ3) is 3.05. The fraction of sp³-hybridized carbons (Fsp3) is 0.368. The molecule has 1 fully saturated rings. The van der Waals surface area contributed by atoms with Crippen molar-refractivity contribution in [1.29, 1.82) is 0 Å². The molecule has 0 radical (unpaired) electrons. The van der Waals surface area contributed by atoms with Crippen LogP contribution in [-0.2, 0) is 6.54 Å². The number of hydrogen-bond acceptors (Lipinski definition) is 5. The highest BCUT2D eigenvalue weighted by Crippen LogP contribution is 2.35. The number of aromatic nitrogens is 2. The highest BCUT2D eigenvalue weighted by molar-refractivity contribution is 6.31. The van der Waals surface area contributed by atoms with Crippen LogP contribution in [0.2, 0.25) is 5.02 Å². The molecule has 6 nitrogen and oxygen atoms in total. The van der Waals surface area contributed by atoms with Crippen molar-refractivity contribution in [2.24, 2.45) is 5.92 Å². The molecule has 1 atom stereocenters. The average molecular weight is 372 g/mol. The maximum absolute atomic E-state index is 12.7. The molecule has 4 rings (SSSR count). The molecule has 134 valence electrons. The highest BCUT2D eigenvalue weighted by atomic mass is 35.5. The standard InChI is InChI=1S/C19H18ClN3O3/c1-11(13-6-16(20)18(22-7-13)26-10-12-2-3-12)23-8-15-14(19(23)25)4-5-21-17(15)9-24/h4-7,9,11-12H,2-3,8,10H2,1H3. The van der Waals surface area contributed by atoms with Crippen molar-refractivity contribution in [2.75, 3.05) is 6.61 Å². The van der Waals surface area contributed by atoms with E-state index >= 15 is 0 Å². The number of aldehydes is 1. The Kier molecular flexibility index (Phi) is 4.36. The zero-order chi connectivity index (χ0) is 18.3. The van der Waals surface area contributed by atoms with Crippen LogP contribution in [0.1, 0.15) is 57.8 Å². The predicted molar refractivity (Wildman–Crippen MR) is 95.4 cm³/mol. The zero-order valence-corrected chi connectivity index (χ0v) is 15.1. The second-order valence-corrected chi connectivity index (χ2v) is 7.17. The quantitative estimate of drug-likeness (QED) is 0.727. The Morgan fingerprint density at radius 1 is 1.42 bits per heavy atom. The molecule has 26 heavy (non-hydrogen) atoms. The molecule has 0 bridgehead atoms. The van der Waals surface area contributed by atoms with Gasteiger partial charge in [0.05, 0.1) is 12.6 Å². The van der Waals surface area contributed by atoms with Crippen molar-refractivity contribution in [3.63, 3.8) is 0 Å². The first-order valence-corrected chi connectivity index (χ1v) is 8.98. The summed E-state index contributed by atoms with van der Waals surface area (Å²) in [6.45, 7) is 2.90. The Labute approximate surface area is 156 Å². The number of rotatable bonds is 6. The van der Waals surface area contributed by atoms with Gasteiger partial charge in [-0.05, 0) is 43.4 Å². The van der Waals surface area contributed by atoms with E-state index in [0.717, 1.165) is 5.56 Å². The number of amides is 1. The minimum absolute atomic E-state index is 0.122. The van der Waals surface area contributed by atoms with Gasteiger partial charge in [-0.2, -0.15) is 0 Å². The molecule has 0 aromatic carbocycles. The van der Waals surface area contributed by atoms with E-state index in [4.69, 9.17) is 16.3 Å². The van der Waals surface area contributed by atoms with Crippen LogP contribution in [0, 0.1) is 5.92 Å². The molecule has 2 aliphatic rings. The van der Waals surface area contributed by atoms with E-state index in [1.807, 2.05) is 6.92 Å². The maximum Gasteiger partial charge on any atom is 0.255 e. The fourth-order valence-corrected chi connectivity index (χ4v) is 3.35. The van der Waals surface area contributed by atoms with Gasteiger partial charge in [-0.3, -0.25) is 14.6 Å². The van der Waals surface area contributed by atoms with Gasteiger partial charge >= 0.3 is 0 Å². The number of carbonyl (C=O) groups excluding carboxylic acids is 2. The van der Waals surface area contributed by atoms with Crippen molar-refractivity contribution in [2.45, 2.75) is 32.4 Å². The van der Waals surface area contributed by atoms with Gasteiger partial charge in [-0.15, -0.1) is 0 Å². The highest BCUT2D eigenvalue weighted by Gasteiger charge is 2.33. The zero-order valence-electron chi connectivity index (χ0n) is 14.3. The Bertz CT molecular complexity index is 882. The Balaban J connectivity index is 1.54. The van der Waals surface area contributed by atoms with Gasteiger partial charge in [0.2, 0.25) is 5.88 Å². The Morgan fingerprint density at radius 3 is 2.92 bits per heavy atom. The summed E-state index contributed by atoms with van der Waals surface area (Å²) in [6, 6.07) is 3.20. The molecule has 2 aromatic rings. The SMILES string of the molecule is CC(c1cnc(OCC2CC2)c(Cl)c1)N1Cc2c(ccnc2C=O)C1=O. The van der Waals surface area contributed by atoms with Crippen molar-refractivity contribution >= 4 is 23.8 Å². The van der Waals surface area contributed by atoms with E-state index in [-0.39, 0.29) is 11.9 Å². The molecule has 2 aromatic heterocycles. The lowest BCUT2D eigenvalue weighted by Gasteiger charge is -2.24. The molecule has 1 amide bonds. The number of carbonyl (C=O) groups is 2. The first-order chi connectivity index (χ1) is 12.6. The lowest BCUT2D eigenvalue weighted by Crippen LogP contribution is -2.27. The van der Waals surface area contributed by atoms with Crippen molar-refractivity contribution in [3.05, 3.63) is 51.9 Å². The molecule has 1 aliphatic heterocycles. The normalized spacial score (nSPS) is 17.2. The van der Waals surface area contributed by atoms with E-state index < -0.39 is 0 Å². The van der Waals surface area contributed by atoms with Crippen LogP contribution < -0.4 is 4.74 Å². The molecule has 0 saturated heterocycles. The number of ether oxygens (including phenoxy) is 1. The summed E-state index contributed by atoms with van der Waals surface area (Å²) in [5.41, 5.74) is 2.32. The number of pyridine rings is 2. The molecule has 1 unspecified atom stereocenters. The molecule has 0 N–H and O–H groups in total. The van der Waals surface area contributed by atoms with E-state index in [1.54, 1.807) is 23.2 Å². The van der Waals surface area contributed by atoms with Gasteiger partial charge < -0.3 is 9.64 Å². The van der Waals surface area contributed by atoms with Crippen LogP contribution in [0.15, 0.2) is 24.5 Å². The van der Waals surface area contributed by atoms with Crippen LogP contribution >= 0.6 is 11.6 Å². The third-order valence-electron chi connectivity index (χ3n) is 4.95. The van der Waals surface area contributed by atoms with Crippen molar-refractivity contribution < 1.29 is 14.3 Å². The summed E-state index contributed by atoms with van der Waals surface area (Å²) in [4.78, 5) is 33.9. The van der Waals surface area contributed by atoms with Crippen LogP contribution in [-0.4, -0.2) is 33.7 Å². The van der Waals surface area contributed by atoms with Gasteiger partial charge in [0, 0.05) is 30.1 Å². The van der Waals surface area contributed by atoms with Gasteiger partial charge in [-0.25, -0.2) is 4.98 Å². The Morgan fingerprint density at radius 2 is 2.23 bits per heavy atom. The van der Waals surface area contributed by atoms with E-state index in [0.29, 0.717) is 53.1 Å². The lowest BCUT2D eigenvalue weighted by atomic mass is 10.1. The van der Waals surface area contributed by atoms with Crippen molar-refractivity contribution in [3.8, 4) is 5.88 Å². The monoisotopic (exact) mass is 371 g/mol. The summed E-state index contributed by atoms with van der Waals surface area (Å²) in [5, 5.41) is 0.439. The molecule has 1 saturated carbocycles. The molecular formula is C19H18ClN3O3.